The summed E-state index contributed by atoms with van der Waals surface area (Å²) in [7, 11) is 0. The lowest BCUT2D eigenvalue weighted by Crippen LogP contribution is -2.40. The minimum Gasteiger partial charge on any atom is -0.359 e. The van der Waals surface area contributed by atoms with Crippen LogP contribution in [-0.4, -0.2) is 22.5 Å². The minimum atomic E-state index is 0.279. The number of nitrogens with zero attached hydrogens (tertiary/aromatic N) is 1. The van der Waals surface area contributed by atoms with Crippen LogP contribution >= 0.6 is 11.8 Å². The fourth-order valence-electron chi connectivity index (χ4n) is 2.03. The quantitative estimate of drug-likeness (QED) is 0.796. The third-order valence-electron chi connectivity index (χ3n) is 3.79. The molecular formula is C13H24N2S. The highest BCUT2D eigenvalue weighted by molar-refractivity contribution is 8.14. The van der Waals surface area contributed by atoms with Crippen LogP contribution < -0.4 is 5.32 Å². The summed E-state index contributed by atoms with van der Waals surface area (Å²) in [6.07, 6.45) is 6.55. The molecule has 1 N–H and O–H groups in total. The summed E-state index contributed by atoms with van der Waals surface area (Å²) in [5, 5.41) is 4.78. The Kier molecular flexibility index (Phi) is 3.83. The average Bonchev–Trinajstić information content (AvgIpc) is 3.02. The van der Waals surface area contributed by atoms with Gasteiger partial charge < -0.3 is 5.32 Å². The summed E-state index contributed by atoms with van der Waals surface area (Å²) in [5.41, 5.74) is 0.279. The first-order valence-corrected chi connectivity index (χ1v) is 7.62. The number of nitrogens with one attached hydrogen (secondary N) is 1. The summed E-state index contributed by atoms with van der Waals surface area (Å²) < 4.78 is 0. The van der Waals surface area contributed by atoms with Crippen molar-refractivity contribution < 1.29 is 0 Å². The summed E-state index contributed by atoms with van der Waals surface area (Å²) in [5.74, 6) is 2.15. The summed E-state index contributed by atoms with van der Waals surface area (Å²) in [4.78, 5) is 4.89. The molecular weight excluding hydrogens is 216 g/mol. The molecule has 0 bridgehead atoms. The van der Waals surface area contributed by atoms with Crippen LogP contribution in [0.2, 0.25) is 0 Å². The van der Waals surface area contributed by atoms with Crippen LogP contribution in [-0.2, 0) is 0 Å². The molecule has 3 heteroatoms. The highest BCUT2D eigenvalue weighted by Crippen LogP contribution is 2.35. The lowest BCUT2D eigenvalue weighted by atomic mass is 10.0. The largest absolute Gasteiger partial charge is 0.359 e. The van der Waals surface area contributed by atoms with Gasteiger partial charge >= 0.3 is 0 Å². The van der Waals surface area contributed by atoms with Gasteiger partial charge in [0.05, 0.1) is 6.04 Å². The molecule has 2 aliphatic rings. The van der Waals surface area contributed by atoms with Crippen molar-refractivity contribution in [2.24, 2.45) is 10.9 Å². The SMILES string of the molecule is CCC(CC1CC1)N=C1NC(C)(CC)CS1. The maximum absolute atomic E-state index is 4.89. The molecule has 1 aliphatic carbocycles. The van der Waals surface area contributed by atoms with Crippen molar-refractivity contribution >= 4 is 16.9 Å². The van der Waals surface area contributed by atoms with E-state index in [0.29, 0.717) is 6.04 Å². The molecule has 0 aromatic carbocycles. The van der Waals surface area contributed by atoms with Crippen LogP contribution in [0.5, 0.6) is 0 Å². The monoisotopic (exact) mass is 240 g/mol. The fraction of sp³-hybridized carbons (Fsp3) is 0.923. The summed E-state index contributed by atoms with van der Waals surface area (Å²) >= 11 is 1.90. The highest BCUT2D eigenvalue weighted by Gasteiger charge is 2.31. The second-order valence-electron chi connectivity index (χ2n) is 5.50. The van der Waals surface area contributed by atoms with Gasteiger partial charge in [-0.05, 0) is 32.1 Å². The Balaban J connectivity index is 1.90. The zero-order valence-electron chi connectivity index (χ0n) is 10.8. The lowest BCUT2D eigenvalue weighted by molar-refractivity contribution is 0.463. The maximum atomic E-state index is 4.89. The average molecular weight is 240 g/mol. The van der Waals surface area contributed by atoms with Crippen LogP contribution in [0.25, 0.3) is 0 Å². The van der Waals surface area contributed by atoms with Crippen LogP contribution in [0, 0.1) is 5.92 Å². The first-order chi connectivity index (χ1) is 7.65. The summed E-state index contributed by atoms with van der Waals surface area (Å²) in [6.45, 7) is 6.80. The van der Waals surface area contributed by atoms with Crippen LogP contribution in [0.15, 0.2) is 4.99 Å². The third kappa shape index (κ3) is 3.16. The Bertz CT molecular complexity index is 273. The second kappa shape index (κ2) is 4.99. The first-order valence-electron chi connectivity index (χ1n) is 6.64. The van der Waals surface area contributed by atoms with Crippen molar-refractivity contribution in [2.45, 2.75) is 64.5 Å². The molecule has 1 saturated carbocycles. The van der Waals surface area contributed by atoms with Gasteiger partial charge in [-0.3, -0.25) is 4.99 Å². The number of rotatable bonds is 5. The van der Waals surface area contributed by atoms with Crippen molar-refractivity contribution in [3.63, 3.8) is 0 Å². The van der Waals surface area contributed by atoms with E-state index in [4.69, 9.17) is 4.99 Å². The number of thioether (sulfide) groups is 1. The van der Waals surface area contributed by atoms with Crippen LogP contribution in [0.3, 0.4) is 0 Å². The molecule has 1 aliphatic heterocycles. The number of hydrogen-bond donors (Lipinski definition) is 1. The molecule has 2 unspecified atom stereocenters. The first kappa shape index (κ1) is 12.3. The van der Waals surface area contributed by atoms with Gasteiger partial charge in [-0.1, -0.05) is 38.5 Å². The van der Waals surface area contributed by atoms with Gasteiger partial charge in [0.2, 0.25) is 0 Å². The Labute approximate surface area is 104 Å². The molecule has 16 heavy (non-hydrogen) atoms. The Morgan fingerprint density at radius 2 is 2.25 bits per heavy atom. The van der Waals surface area contributed by atoms with Gasteiger partial charge in [-0.2, -0.15) is 0 Å². The van der Waals surface area contributed by atoms with E-state index in [9.17, 15) is 0 Å². The van der Waals surface area contributed by atoms with Crippen molar-refractivity contribution in [3.05, 3.63) is 0 Å². The topological polar surface area (TPSA) is 24.4 Å². The molecule has 2 atom stereocenters. The van der Waals surface area contributed by atoms with Crippen molar-refractivity contribution in [2.75, 3.05) is 5.75 Å². The Morgan fingerprint density at radius 3 is 2.75 bits per heavy atom. The Morgan fingerprint density at radius 1 is 1.50 bits per heavy atom. The van der Waals surface area contributed by atoms with E-state index in [0.717, 1.165) is 5.92 Å². The van der Waals surface area contributed by atoms with E-state index in [1.807, 2.05) is 11.8 Å². The zero-order valence-corrected chi connectivity index (χ0v) is 11.6. The van der Waals surface area contributed by atoms with E-state index in [2.05, 4.69) is 26.1 Å². The zero-order chi connectivity index (χ0) is 11.6. The van der Waals surface area contributed by atoms with E-state index in [1.54, 1.807) is 0 Å². The minimum absolute atomic E-state index is 0.279. The van der Waals surface area contributed by atoms with Crippen LogP contribution in [0.4, 0.5) is 0 Å². The molecule has 0 amide bonds. The normalized spacial score (nSPS) is 34.1. The number of hydrogen-bond acceptors (Lipinski definition) is 2. The van der Waals surface area contributed by atoms with E-state index in [-0.39, 0.29) is 5.54 Å². The fourth-order valence-corrected chi connectivity index (χ4v) is 3.31. The molecule has 0 aromatic rings. The predicted molar refractivity (Wildman–Crippen MR) is 73.1 cm³/mol. The van der Waals surface area contributed by atoms with Gasteiger partial charge in [0, 0.05) is 11.3 Å². The van der Waals surface area contributed by atoms with Gasteiger partial charge in [0.25, 0.3) is 0 Å². The van der Waals surface area contributed by atoms with E-state index >= 15 is 0 Å². The molecule has 0 radical (unpaired) electrons. The molecule has 1 heterocycles. The molecule has 0 spiro atoms. The highest BCUT2D eigenvalue weighted by atomic mass is 32.2. The molecule has 92 valence electrons. The van der Waals surface area contributed by atoms with Gasteiger partial charge in [0.1, 0.15) is 0 Å². The lowest BCUT2D eigenvalue weighted by Gasteiger charge is -2.21. The standard InChI is InChI=1S/C13H24N2S/c1-4-11(8-10-6-7-10)14-12-15-13(3,5-2)9-16-12/h10-11H,4-9H2,1-3H3,(H,14,15). The maximum Gasteiger partial charge on any atom is 0.157 e. The number of amidine groups is 1. The molecule has 2 nitrogen and oxygen atoms in total. The Hall–Kier alpha value is -0.180. The molecule has 0 aromatic heterocycles. The molecule has 1 saturated heterocycles. The van der Waals surface area contributed by atoms with Crippen molar-refractivity contribution in [3.8, 4) is 0 Å². The van der Waals surface area contributed by atoms with Crippen molar-refractivity contribution in [1.82, 2.24) is 5.32 Å². The smallest absolute Gasteiger partial charge is 0.157 e. The van der Waals surface area contributed by atoms with E-state index in [1.165, 1.54) is 43.0 Å². The molecule has 2 rings (SSSR count). The molecule has 2 fully saturated rings. The predicted octanol–water partition coefficient (Wildman–Crippen LogP) is 3.43. The third-order valence-corrected chi connectivity index (χ3v) is 5.05. The van der Waals surface area contributed by atoms with Gasteiger partial charge in [0.15, 0.2) is 5.17 Å². The van der Waals surface area contributed by atoms with Gasteiger partial charge in [-0.25, -0.2) is 0 Å². The summed E-state index contributed by atoms with van der Waals surface area (Å²) in [6, 6.07) is 0.557. The van der Waals surface area contributed by atoms with Crippen molar-refractivity contribution in [1.29, 1.82) is 0 Å². The van der Waals surface area contributed by atoms with Gasteiger partial charge in [-0.15, -0.1) is 0 Å². The number of aliphatic imine (C=N–C) groups is 1. The van der Waals surface area contributed by atoms with E-state index < -0.39 is 0 Å². The second-order valence-corrected chi connectivity index (χ2v) is 6.47. The van der Waals surface area contributed by atoms with Crippen LogP contribution in [0.1, 0.15) is 52.9 Å².